The Kier molecular flexibility index (Phi) is 2.19. The van der Waals surface area contributed by atoms with Crippen molar-refractivity contribution in [1.29, 1.82) is 0 Å². The lowest BCUT2D eigenvalue weighted by Crippen LogP contribution is -2.31. The van der Waals surface area contributed by atoms with Crippen molar-refractivity contribution in [1.82, 2.24) is 4.98 Å². The first-order chi connectivity index (χ1) is 8.19. The van der Waals surface area contributed by atoms with Crippen molar-refractivity contribution >= 4 is 16.7 Å². The van der Waals surface area contributed by atoms with Gasteiger partial charge in [0.05, 0.1) is 7.11 Å². The molecule has 1 unspecified atom stereocenters. The summed E-state index contributed by atoms with van der Waals surface area (Å²) in [5.74, 6) is 0.889. The number of fused-ring (bicyclic) bond motifs is 3. The van der Waals surface area contributed by atoms with E-state index in [1.807, 2.05) is 18.2 Å². The SMILES string of the molecule is COc1ccc2[nH]c3c(c2c1)C(=O)CC(N)C3. The zero-order chi connectivity index (χ0) is 12.0. The molecule has 1 aromatic carbocycles. The maximum absolute atomic E-state index is 12.0. The number of hydrogen-bond acceptors (Lipinski definition) is 3. The van der Waals surface area contributed by atoms with E-state index in [1.165, 1.54) is 0 Å². The maximum Gasteiger partial charge on any atom is 0.166 e. The van der Waals surface area contributed by atoms with Crippen molar-refractivity contribution in [3.05, 3.63) is 29.5 Å². The fourth-order valence-corrected chi connectivity index (χ4v) is 2.50. The van der Waals surface area contributed by atoms with Crippen LogP contribution in [0.5, 0.6) is 5.75 Å². The summed E-state index contributed by atoms with van der Waals surface area (Å²) in [5.41, 5.74) is 8.57. The Balaban J connectivity index is 2.26. The van der Waals surface area contributed by atoms with Crippen LogP contribution in [0.3, 0.4) is 0 Å². The first-order valence-electron chi connectivity index (χ1n) is 5.66. The lowest BCUT2D eigenvalue weighted by molar-refractivity contribution is 0.0967. The summed E-state index contributed by atoms with van der Waals surface area (Å²) in [6.45, 7) is 0. The summed E-state index contributed by atoms with van der Waals surface area (Å²) in [5, 5.41) is 0.941. The van der Waals surface area contributed by atoms with Gasteiger partial charge < -0.3 is 15.5 Å². The summed E-state index contributed by atoms with van der Waals surface area (Å²) >= 11 is 0. The van der Waals surface area contributed by atoms with Crippen LogP contribution in [0.25, 0.3) is 10.9 Å². The molecule has 1 aliphatic carbocycles. The van der Waals surface area contributed by atoms with Crippen LogP contribution in [-0.2, 0) is 6.42 Å². The van der Waals surface area contributed by atoms with Crippen LogP contribution in [0.2, 0.25) is 0 Å². The number of aromatic amines is 1. The minimum Gasteiger partial charge on any atom is -0.497 e. The van der Waals surface area contributed by atoms with Crippen LogP contribution >= 0.6 is 0 Å². The monoisotopic (exact) mass is 230 g/mol. The van der Waals surface area contributed by atoms with E-state index in [0.717, 1.165) is 34.3 Å². The number of nitrogens with two attached hydrogens (primary N) is 1. The maximum atomic E-state index is 12.0. The van der Waals surface area contributed by atoms with E-state index >= 15 is 0 Å². The number of Topliss-reactive ketones (excluding diaryl/α,β-unsaturated/α-hetero) is 1. The number of ketones is 1. The molecule has 3 rings (SSSR count). The summed E-state index contributed by atoms with van der Waals surface area (Å²) < 4.78 is 5.19. The molecule has 0 bridgehead atoms. The molecule has 4 nitrogen and oxygen atoms in total. The highest BCUT2D eigenvalue weighted by Crippen LogP contribution is 2.31. The Hall–Kier alpha value is -1.81. The van der Waals surface area contributed by atoms with E-state index in [0.29, 0.717) is 6.42 Å². The number of benzene rings is 1. The number of rotatable bonds is 1. The van der Waals surface area contributed by atoms with Crippen LogP contribution in [0.1, 0.15) is 22.5 Å². The second kappa shape index (κ2) is 3.60. The predicted molar refractivity (Wildman–Crippen MR) is 65.5 cm³/mol. The Morgan fingerprint density at radius 3 is 3.00 bits per heavy atom. The highest BCUT2D eigenvalue weighted by molar-refractivity contribution is 6.10. The first-order valence-corrected chi connectivity index (χ1v) is 5.66. The topological polar surface area (TPSA) is 68.1 Å². The average molecular weight is 230 g/mol. The number of carbonyl (C=O) groups is 1. The van der Waals surface area contributed by atoms with E-state index in [1.54, 1.807) is 7.11 Å². The van der Waals surface area contributed by atoms with Crippen molar-refractivity contribution in [2.75, 3.05) is 7.11 Å². The number of hydrogen-bond donors (Lipinski definition) is 2. The van der Waals surface area contributed by atoms with Gasteiger partial charge in [0, 0.05) is 41.0 Å². The normalized spacial score (nSPS) is 19.4. The van der Waals surface area contributed by atoms with Gasteiger partial charge in [0.2, 0.25) is 0 Å². The van der Waals surface area contributed by atoms with Gasteiger partial charge in [0.25, 0.3) is 0 Å². The van der Waals surface area contributed by atoms with Crippen molar-refractivity contribution in [3.8, 4) is 5.75 Å². The number of H-pyrrole nitrogens is 1. The van der Waals surface area contributed by atoms with Gasteiger partial charge >= 0.3 is 0 Å². The zero-order valence-corrected chi connectivity index (χ0v) is 9.62. The molecule has 0 spiro atoms. The van der Waals surface area contributed by atoms with Crippen LogP contribution in [-0.4, -0.2) is 23.9 Å². The average Bonchev–Trinajstić information content (AvgIpc) is 2.65. The van der Waals surface area contributed by atoms with Crippen molar-refractivity contribution in [3.63, 3.8) is 0 Å². The number of carbonyl (C=O) groups excluding carboxylic acids is 1. The molecule has 0 aliphatic heterocycles. The van der Waals surface area contributed by atoms with Gasteiger partial charge in [-0.25, -0.2) is 0 Å². The molecular weight excluding hydrogens is 216 g/mol. The fourth-order valence-electron chi connectivity index (χ4n) is 2.50. The summed E-state index contributed by atoms with van der Waals surface area (Å²) in [6.07, 6.45) is 1.16. The molecule has 0 saturated carbocycles. The van der Waals surface area contributed by atoms with Gasteiger partial charge in [0.15, 0.2) is 5.78 Å². The molecule has 1 heterocycles. The third-order valence-electron chi connectivity index (χ3n) is 3.28. The molecule has 0 saturated heterocycles. The van der Waals surface area contributed by atoms with Crippen molar-refractivity contribution in [2.45, 2.75) is 18.9 Å². The van der Waals surface area contributed by atoms with Crippen LogP contribution in [0, 0.1) is 0 Å². The summed E-state index contributed by atoms with van der Waals surface area (Å²) in [6, 6.07) is 5.66. The van der Waals surface area contributed by atoms with Gasteiger partial charge in [0.1, 0.15) is 5.75 Å². The fraction of sp³-hybridized carbons (Fsp3) is 0.308. The first kappa shape index (κ1) is 10.4. The molecule has 4 heteroatoms. The lowest BCUT2D eigenvalue weighted by Gasteiger charge is -2.16. The van der Waals surface area contributed by atoms with E-state index in [2.05, 4.69) is 4.98 Å². The second-order valence-corrected chi connectivity index (χ2v) is 4.48. The Morgan fingerprint density at radius 2 is 2.24 bits per heavy atom. The van der Waals surface area contributed by atoms with Gasteiger partial charge in [-0.15, -0.1) is 0 Å². The minimum absolute atomic E-state index is 0.0649. The van der Waals surface area contributed by atoms with Gasteiger partial charge in [-0.1, -0.05) is 0 Å². The number of methoxy groups -OCH3 is 1. The number of aromatic nitrogens is 1. The summed E-state index contributed by atoms with van der Waals surface area (Å²) in [4.78, 5) is 15.3. The Bertz CT molecular complexity index is 601. The van der Waals surface area contributed by atoms with E-state index in [4.69, 9.17) is 10.5 Å². The number of ether oxygens (including phenoxy) is 1. The Morgan fingerprint density at radius 1 is 1.41 bits per heavy atom. The molecule has 17 heavy (non-hydrogen) atoms. The molecule has 1 aliphatic rings. The highest BCUT2D eigenvalue weighted by atomic mass is 16.5. The summed E-state index contributed by atoms with van der Waals surface area (Å²) in [7, 11) is 1.62. The van der Waals surface area contributed by atoms with Gasteiger partial charge in [-0.2, -0.15) is 0 Å². The minimum atomic E-state index is -0.0649. The standard InChI is InChI=1S/C13H14N2O2/c1-17-8-2-3-10-9(6-8)13-11(15-10)4-7(14)5-12(13)16/h2-3,6-7,15H,4-5,14H2,1H3. The molecule has 1 atom stereocenters. The highest BCUT2D eigenvalue weighted by Gasteiger charge is 2.26. The smallest absolute Gasteiger partial charge is 0.166 e. The van der Waals surface area contributed by atoms with Crippen LogP contribution in [0.15, 0.2) is 18.2 Å². The largest absolute Gasteiger partial charge is 0.497 e. The molecular formula is C13H14N2O2. The quantitative estimate of drug-likeness (QED) is 0.782. The second-order valence-electron chi connectivity index (χ2n) is 4.48. The van der Waals surface area contributed by atoms with Crippen LogP contribution in [0.4, 0.5) is 0 Å². The molecule has 2 aromatic rings. The Labute approximate surface area is 98.8 Å². The molecule has 0 fully saturated rings. The molecule has 0 radical (unpaired) electrons. The van der Waals surface area contributed by atoms with E-state index in [-0.39, 0.29) is 11.8 Å². The van der Waals surface area contributed by atoms with E-state index < -0.39 is 0 Å². The third kappa shape index (κ3) is 1.52. The van der Waals surface area contributed by atoms with Crippen molar-refractivity contribution < 1.29 is 9.53 Å². The van der Waals surface area contributed by atoms with Crippen LogP contribution < -0.4 is 10.5 Å². The predicted octanol–water partition coefficient (Wildman–Crippen LogP) is 1.63. The van der Waals surface area contributed by atoms with Gasteiger partial charge in [-0.05, 0) is 18.2 Å². The number of nitrogens with one attached hydrogen (secondary N) is 1. The van der Waals surface area contributed by atoms with Gasteiger partial charge in [-0.3, -0.25) is 4.79 Å². The lowest BCUT2D eigenvalue weighted by atomic mass is 9.91. The third-order valence-corrected chi connectivity index (χ3v) is 3.28. The van der Waals surface area contributed by atoms with E-state index in [9.17, 15) is 4.79 Å². The molecule has 88 valence electrons. The molecule has 3 N–H and O–H groups in total. The molecule has 1 aromatic heterocycles. The van der Waals surface area contributed by atoms with Crippen molar-refractivity contribution in [2.24, 2.45) is 5.73 Å². The molecule has 0 amide bonds. The zero-order valence-electron chi connectivity index (χ0n) is 9.62.